The Hall–Kier alpha value is -2.97. The molecule has 188 valence electrons. The number of fused-ring (bicyclic) bond motifs is 1. The van der Waals surface area contributed by atoms with E-state index in [1.165, 1.54) is 18.4 Å². The molecular formula is C28H29BrN2O4S. The lowest BCUT2D eigenvalue weighted by atomic mass is 9.72. The maximum atomic E-state index is 13.7. The van der Waals surface area contributed by atoms with Crippen molar-refractivity contribution in [2.24, 2.45) is 11.3 Å². The number of amides is 2. The fourth-order valence-electron chi connectivity index (χ4n) is 4.53. The van der Waals surface area contributed by atoms with Gasteiger partial charge in [-0.3, -0.25) is 9.59 Å². The van der Waals surface area contributed by atoms with E-state index < -0.39 is 5.97 Å². The molecule has 1 atom stereocenters. The normalized spacial score (nSPS) is 15.1. The minimum absolute atomic E-state index is 0.141. The molecule has 0 saturated heterocycles. The van der Waals surface area contributed by atoms with E-state index in [1.807, 2.05) is 6.07 Å². The summed E-state index contributed by atoms with van der Waals surface area (Å²) >= 11 is 4.90. The smallest absolute Gasteiger partial charge is 0.339 e. The number of hydrogen-bond donors (Lipinski definition) is 2. The van der Waals surface area contributed by atoms with Crippen LogP contribution in [0.4, 0.5) is 10.7 Å². The van der Waals surface area contributed by atoms with Crippen molar-refractivity contribution in [1.82, 2.24) is 0 Å². The predicted octanol–water partition coefficient (Wildman–Crippen LogP) is 6.95. The van der Waals surface area contributed by atoms with Gasteiger partial charge in [-0.1, -0.05) is 45.0 Å². The molecule has 36 heavy (non-hydrogen) atoms. The number of ether oxygens (including phenoxy) is 1. The Labute approximate surface area is 223 Å². The number of thiophene rings is 1. The first-order valence-corrected chi connectivity index (χ1v) is 13.4. The molecule has 1 aliphatic carbocycles. The third kappa shape index (κ3) is 5.39. The molecule has 0 radical (unpaired) electrons. The standard InChI is InChI=1S/C28H29BrN2O4S/c1-28(2,3)16-13-14-19-22(15-16)36-26(31-24(32)17-9-5-7-11-20(17)29)23(19)25(33)30-21-12-8-6-10-18(21)27(34)35-4/h5-12,16H,13-15H2,1-4H3,(H,30,33)(H,31,32). The molecule has 4 rings (SSSR count). The first-order valence-electron chi connectivity index (χ1n) is 11.8. The highest BCUT2D eigenvalue weighted by Crippen LogP contribution is 2.44. The number of esters is 1. The van der Waals surface area contributed by atoms with Gasteiger partial charge in [-0.05, 0) is 76.4 Å². The summed E-state index contributed by atoms with van der Waals surface area (Å²) in [6.45, 7) is 6.72. The zero-order valence-electron chi connectivity index (χ0n) is 20.7. The van der Waals surface area contributed by atoms with Crippen LogP contribution in [0.25, 0.3) is 0 Å². The molecule has 1 unspecified atom stereocenters. The van der Waals surface area contributed by atoms with E-state index >= 15 is 0 Å². The lowest BCUT2D eigenvalue weighted by Crippen LogP contribution is -2.27. The van der Waals surface area contributed by atoms with E-state index in [1.54, 1.807) is 42.5 Å². The number of nitrogens with one attached hydrogen (secondary N) is 2. The summed E-state index contributed by atoms with van der Waals surface area (Å²) in [7, 11) is 1.30. The molecule has 6 nitrogen and oxygen atoms in total. The third-order valence-electron chi connectivity index (χ3n) is 6.64. The van der Waals surface area contributed by atoms with Crippen LogP contribution in [0, 0.1) is 11.3 Å². The molecule has 1 aliphatic rings. The van der Waals surface area contributed by atoms with E-state index in [-0.39, 0.29) is 22.8 Å². The summed E-state index contributed by atoms with van der Waals surface area (Å²) in [5.74, 6) is -0.710. The highest BCUT2D eigenvalue weighted by atomic mass is 79.9. The molecule has 8 heteroatoms. The largest absolute Gasteiger partial charge is 0.465 e. The van der Waals surface area contributed by atoms with Crippen molar-refractivity contribution < 1.29 is 19.1 Å². The maximum Gasteiger partial charge on any atom is 0.339 e. The first kappa shape index (κ1) is 26.1. The molecule has 1 aromatic heterocycles. The van der Waals surface area contributed by atoms with Crippen molar-refractivity contribution in [3.05, 3.63) is 80.1 Å². The molecule has 0 saturated carbocycles. The highest BCUT2D eigenvalue weighted by molar-refractivity contribution is 9.10. The minimum Gasteiger partial charge on any atom is -0.465 e. The van der Waals surface area contributed by atoms with Crippen LogP contribution in [0.15, 0.2) is 53.0 Å². The van der Waals surface area contributed by atoms with E-state index in [9.17, 15) is 14.4 Å². The number of halogens is 1. The zero-order valence-corrected chi connectivity index (χ0v) is 23.1. The van der Waals surface area contributed by atoms with Crippen LogP contribution < -0.4 is 10.6 Å². The number of carbonyl (C=O) groups is 3. The quantitative estimate of drug-likeness (QED) is 0.326. The lowest BCUT2D eigenvalue weighted by Gasteiger charge is -2.33. The van der Waals surface area contributed by atoms with E-state index in [0.717, 1.165) is 29.7 Å². The Morgan fingerprint density at radius 1 is 0.972 bits per heavy atom. The van der Waals surface area contributed by atoms with Gasteiger partial charge >= 0.3 is 5.97 Å². The molecule has 1 heterocycles. The Morgan fingerprint density at radius 3 is 2.31 bits per heavy atom. The second-order valence-corrected chi connectivity index (χ2v) is 11.9. The topological polar surface area (TPSA) is 84.5 Å². The number of para-hydroxylation sites is 1. The van der Waals surface area contributed by atoms with Crippen molar-refractivity contribution in [2.75, 3.05) is 17.7 Å². The van der Waals surface area contributed by atoms with Crippen LogP contribution in [0.1, 0.15) is 68.7 Å². The van der Waals surface area contributed by atoms with Gasteiger partial charge in [-0.25, -0.2) is 4.79 Å². The van der Waals surface area contributed by atoms with E-state index in [4.69, 9.17) is 4.74 Å². The third-order valence-corrected chi connectivity index (χ3v) is 8.50. The van der Waals surface area contributed by atoms with Gasteiger partial charge in [0.05, 0.1) is 29.5 Å². The fourth-order valence-corrected chi connectivity index (χ4v) is 6.32. The van der Waals surface area contributed by atoms with Crippen LogP contribution in [0.3, 0.4) is 0 Å². The summed E-state index contributed by atoms with van der Waals surface area (Å²) < 4.78 is 5.55. The van der Waals surface area contributed by atoms with Gasteiger partial charge in [0.1, 0.15) is 5.00 Å². The number of benzene rings is 2. The summed E-state index contributed by atoms with van der Waals surface area (Å²) in [6, 6.07) is 13.9. The van der Waals surface area contributed by atoms with Gasteiger partial charge in [0, 0.05) is 9.35 Å². The van der Waals surface area contributed by atoms with Gasteiger partial charge < -0.3 is 15.4 Å². The number of carbonyl (C=O) groups excluding carboxylic acids is 3. The van der Waals surface area contributed by atoms with E-state index in [2.05, 4.69) is 47.3 Å². The monoisotopic (exact) mass is 568 g/mol. The Morgan fingerprint density at radius 2 is 1.64 bits per heavy atom. The van der Waals surface area contributed by atoms with Crippen molar-refractivity contribution >= 4 is 55.7 Å². The van der Waals surface area contributed by atoms with Gasteiger partial charge in [-0.2, -0.15) is 0 Å². The first-order chi connectivity index (χ1) is 17.1. The Bertz CT molecular complexity index is 1330. The Balaban J connectivity index is 1.72. The summed E-state index contributed by atoms with van der Waals surface area (Å²) in [5.41, 5.74) is 2.68. The SMILES string of the molecule is COC(=O)c1ccccc1NC(=O)c1c(NC(=O)c2ccccc2Br)sc2c1CCC(C(C)(C)C)C2. The van der Waals surface area contributed by atoms with Crippen LogP contribution in [0.2, 0.25) is 0 Å². The molecule has 2 aromatic carbocycles. The zero-order chi connectivity index (χ0) is 26.0. The molecule has 0 spiro atoms. The van der Waals surface area contributed by atoms with Crippen LogP contribution in [0.5, 0.6) is 0 Å². The molecule has 2 N–H and O–H groups in total. The van der Waals surface area contributed by atoms with Crippen LogP contribution in [-0.2, 0) is 17.6 Å². The molecule has 0 aliphatic heterocycles. The van der Waals surface area contributed by atoms with Crippen LogP contribution >= 0.6 is 27.3 Å². The summed E-state index contributed by atoms with van der Waals surface area (Å²) in [5, 5.41) is 6.40. The van der Waals surface area contributed by atoms with Crippen molar-refractivity contribution in [3.63, 3.8) is 0 Å². The summed E-state index contributed by atoms with van der Waals surface area (Å²) in [4.78, 5) is 40.2. The second kappa shape index (κ2) is 10.6. The maximum absolute atomic E-state index is 13.7. The number of anilines is 2. The fraction of sp³-hybridized carbons (Fsp3) is 0.321. The van der Waals surface area contributed by atoms with Gasteiger partial charge in [0.2, 0.25) is 0 Å². The number of hydrogen-bond acceptors (Lipinski definition) is 5. The predicted molar refractivity (Wildman–Crippen MR) is 147 cm³/mol. The molecule has 0 bridgehead atoms. The molecule has 3 aromatic rings. The molecular weight excluding hydrogens is 540 g/mol. The van der Waals surface area contributed by atoms with Crippen molar-refractivity contribution in [3.8, 4) is 0 Å². The average Bonchev–Trinajstić information content (AvgIpc) is 3.20. The molecule has 2 amide bonds. The lowest BCUT2D eigenvalue weighted by molar-refractivity contribution is 0.0601. The summed E-state index contributed by atoms with van der Waals surface area (Å²) in [6.07, 6.45) is 2.57. The van der Waals surface area contributed by atoms with Gasteiger partial charge in [0.25, 0.3) is 11.8 Å². The number of rotatable bonds is 5. The molecule has 0 fully saturated rings. The van der Waals surface area contributed by atoms with Crippen LogP contribution in [-0.4, -0.2) is 24.9 Å². The minimum atomic E-state index is -0.534. The highest BCUT2D eigenvalue weighted by Gasteiger charge is 2.34. The average molecular weight is 570 g/mol. The van der Waals surface area contributed by atoms with Gasteiger partial charge in [0.15, 0.2) is 0 Å². The van der Waals surface area contributed by atoms with Crippen molar-refractivity contribution in [1.29, 1.82) is 0 Å². The Kier molecular flexibility index (Phi) is 7.66. The second-order valence-electron chi connectivity index (χ2n) is 9.94. The van der Waals surface area contributed by atoms with Gasteiger partial charge in [-0.15, -0.1) is 11.3 Å². The van der Waals surface area contributed by atoms with E-state index in [0.29, 0.717) is 32.2 Å². The van der Waals surface area contributed by atoms with Crippen molar-refractivity contribution in [2.45, 2.75) is 40.0 Å². The number of methoxy groups -OCH3 is 1.